The number of hydrogen-bond donors (Lipinski definition) is 2. The zero-order valence-electron chi connectivity index (χ0n) is 12.1. The fourth-order valence-electron chi connectivity index (χ4n) is 1.81. The Morgan fingerprint density at radius 1 is 0.955 bits per heavy atom. The van der Waals surface area contributed by atoms with E-state index in [1.807, 2.05) is 25.1 Å². The second-order valence-corrected chi connectivity index (χ2v) is 5.20. The van der Waals surface area contributed by atoms with Crippen molar-refractivity contribution in [3.63, 3.8) is 0 Å². The molecule has 0 spiro atoms. The minimum absolute atomic E-state index is 0.0387. The summed E-state index contributed by atoms with van der Waals surface area (Å²) in [6, 6.07) is 16.0. The molecular weight excluding hydrogens is 296 g/mol. The fraction of sp³-hybridized carbons (Fsp3) is 0.118. The van der Waals surface area contributed by atoms with Gasteiger partial charge in [0, 0.05) is 11.1 Å². The number of rotatable bonds is 4. The summed E-state index contributed by atoms with van der Waals surface area (Å²) in [6.07, 6.45) is 0. The minimum Gasteiger partial charge on any atom is -0.355 e. The zero-order valence-corrected chi connectivity index (χ0v) is 12.9. The highest BCUT2D eigenvalue weighted by Crippen LogP contribution is 2.03. The SMILES string of the molecule is Cc1ccc(C(=O)CNC(=S)NC(=O)c2ccccc2)cc1. The summed E-state index contributed by atoms with van der Waals surface area (Å²) in [4.78, 5) is 23.9. The molecule has 0 atom stereocenters. The molecule has 2 aromatic carbocycles. The van der Waals surface area contributed by atoms with Crippen LogP contribution in [0.25, 0.3) is 0 Å². The highest BCUT2D eigenvalue weighted by Gasteiger charge is 2.09. The predicted octanol–water partition coefficient (Wildman–Crippen LogP) is 2.48. The van der Waals surface area contributed by atoms with Crippen LogP contribution in [-0.2, 0) is 0 Å². The van der Waals surface area contributed by atoms with E-state index in [0.717, 1.165) is 5.56 Å². The number of ketones is 1. The van der Waals surface area contributed by atoms with Crippen LogP contribution in [0.1, 0.15) is 26.3 Å². The highest BCUT2D eigenvalue weighted by molar-refractivity contribution is 7.80. The maximum absolute atomic E-state index is 12.0. The average molecular weight is 312 g/mol. The summed E-state index contributed by atoms with van der Waals surface area (Å²) >= 11 is 5.02. The summed E-state index contributed by atoms with van der Waals surface area (Å²) in [5.74, 6) is -0.391. The first kappa shape index (κ1) is 15.9. The van der Waals surface area contributed by atoms with Gasteiger partial charge in [0.2, 0.25) is 0 Å². The maximum Gasteiger partial charge on any atom is 0.257 e. The molecule has 5 heteroatoms. The number of amides is 1. The van der Waals surface area contributed by atoms with Crippen molar-refractivity contribution in [1.82, 2.24) is 10.6 Å². The van der Waals surface area contributed by atoms with Crippen LogP contribution in [0.3, 0.4) is 0 Å². The van der Waals surface area contributed by atoms with Gasteiger partial charge in [-0.05, 0) is 31.3 Å². The van der Waals surface area contributed by atoms with Crippen molar-refractivity contribution in [3.05, 3.63) is 71.3 Å². The zero-order chi connectivity index (χ0) is 15.9. The monoisotopic (exact) mass is 312 g/mol. The van der Waals surface area contributed by atoms with Gasteiger partial charge in [0.25, 0.3) is 5.91 Å². The summed E-state index contributed by atoms with van der Waals surface area (Å²) in [7, 11) is 0. The molecular formula is C17H16N2O2S. The summed E-state index contributed by atoms with van der Waals surface area (Å²) in [5.41, 5.74) is 2.21. The van der Waals surface area contributed by atoms with E-state index in [2.05, 4.69) is 10.6 Å². The molecule has 0 fully saturated rings. The molecule has 0 saturated heterocycles. The molecule has 0 radical (unpaired) electrons. The summed E-state index contributed by atoms with van der Waals surface area (Å²) in [6.45, 7) is 2.00. The molecule has 1 amide bonds. The highest BCUT2D eigenvalue weighted by atomic mass is 32.1. The Kier molecular flexibility index (Phi) is 5.38. The van der Waals surface area contributed by atoms with Crippen molar-refractivity contribution in [2.75, 3.05) is 6.54 Å². The second kappa shape index (κ2) is 7.47. The molecule has 0 heterocycles. The number of nitrogens with one attached hydrogen (secondary N) is 2. The van der Waals surface area contributed by atoms with E-state index in [0.29, 0.717) is 11.1 Å². The van der Waals surface area contributed by atoms with Crippen LogP contribution in [0, 0.1) is 6.92 Å². The number of carbonyl (C=O) groups excluding carboxylic acids is 2. The van der Waals surface area contributed by atoms with Gasteiger partial charge in [-0.2, -0.15) is 0 Å². The molecule has 0 aliphatic rings. The lowest BCUT2D eigenvalue weighted by Crippen LogP contribution is -2.41. The lowest BCUT2D eigenvalue weighted by Gasteiger charge is -2.09. The van der Waals surface area contributed by atoms with Gasteiger partial charge in [-0.25, -0.2) is 0 Å². The van der Waals surface area contributed by atoms with Gasteiger partial charge in [0.1, 0.15) is 0 Å². The number of hydrogen-bond acceptors (Lipinski definition) is 3. The summed E-state index contributed by atoms with van der Waals surface area (Å²) in [5, 5.41) is 5.42. The van der Waals surface area contributed by atoms with E-state index in [9.17, 15) is 9.59 Å². The van der Waals surface area contributed by atoms with Crippen LogP contribution in [0.4, 0.5) is 0 Å². The van der Waals surface area contributed by atoms with E-state index in [-0.39, 0.29) is 23.3 Å². The lowest BCUT2D eigenvalue weighted by molar-refractivity contribution is 0.0967. The molecule has 0 bridgehead atoms. The quantitative estimate of drug-likeness (QED) is 0.673. The van der Waals surface area contributed by atoms with Crippen molar-refractivity contribution in [2.24, 2.45) is 0 Å². The van der Waals surface area contributed by atoms with Crippen molar-refractivity contribution in [2.45, 2.75) is 6.92 Å². The van der Waals surface area contributed by atoms with Gasteiger partial charge >= 0.3 is 0 Å². The van der Waals surface area contributed by atoms with Gasteiger partial charge in [0.05, 0.1) is 6.54 Å². The van der Waals surface area contributed by atoms with E-state index in [1.54, 1.807) is 36.4 Å². The van der Waals surface area contributed by atoms with E-state index >= 15 is 0 Å². The lowest BCUT2D eigenvalue weighted by atomic mass is 10.1. The molecule has 4 nitrogen and oxygen atoms in total. The predicted molar refractivity (Wildman–Crippen MR) is 90.0 cm³/mol. The molecule has 0 aliphatic heterocycles. The van der Waals surface area contributed by atoms with E-state index in [4.69, 9.17) is 12.2 Å². The largest absolute Gasteiger partial charge is 0.355 e. The Morgan fingerprint density at radius 2 is 1.59 bits per heavy atom. The van der Waals surface area contributed by atoms with E-state index in [1.165, 1.54) is 0 Å². The number of carbonyl (C=O) groups is 2. The van der Waals surface area contributed by atoms with E-state index < -0.39 is 0 Å². The van der Waals surface area contributed by atoms with Crippen LogP contribution in [-0.4, -0.2) is 23.3 Å². The topological polar surface area (TPSA) is 58.2 Å². The molecule has 2 rings (SSSR count). The number of benzene rings is 2. The Hall–Kier alpha value is -2.53. The van der Waals surface area contributed by atoms with Gasteiger partial charge < -0.3 is 5.32 Å². The van der Waals surface area contributed by atoms with Crippen molar-refractivity contribution >= 4 is 29.0 Å². The van der Waals surface area contributed by atoms with Gasteiger partial charge in [0.15, 0.2) is 10.9 Å². The Labute approximate surface area is 134 Å². The van der Waals surface area contributed by atoms with Crippen LogP contribution in [0.5, 0.6) is 0 Å². The molecule has 22 heavy (non-hydrogen) atoms. The normalized spacial score (nSPS) is 9.86. The Balaban J connectivity index is 1.84. The fourth-order valence-corrected chi connectivity index (χ4v) is 1.98. The molecule has 0 unspecified atom stereocenters. The third-order valence-electron chi connectivity index (χ3n) is 3.05. The second-order valence-electron chi connectivity index (χ2n) is 4.79. The Bertz CT molecular complexity index is 682. The summed E-state index contributed by atoms with van der Waals surface area (Å²) < 4.78 is 0. The minimum atomic E-state index is -0.305. The third-order valence-corrected chi connectivity index (χ3v) is 3.29. The van der Waals surface area contributed by atoms with Crippen LogP contribution in [0.15, 0.2) is 54.6 Å². The Morgan fingerprint density at radius 3 is 2.23 bits per heavy atom. The van der Waals surface area contributed by atoms with Crippen LogP contribution < -0.4 is 10.6 Å². The molecule has 0 aliphatic carbocycles. The molecule has 2 aromatic rings. The third kappa shape index (κ3) is 4.49. The van der Waals surface area contributed by atoms with Gasteiger partial charge in [-0.1, -0.05) is 48.0 Å². The van der Waals surface area contributed by atoms with Crippen molar-refractivity contribution in [1.29, 1.82) is 0 Å². The molecule has 0 aromatic heterocycles. The first-order chi connectivity index (χ1) is 10.6. The number of thiocarbonyl (C=S) groups is 1. The molecule has 0 saturated carbocycles. The molecule has 112 valence electrons. The standard InChI is InChI=1S/C17H16N2O2S/c1-12-7-9-13(10-8-12)15(20)11-18-17(22)19-16(21)14-5-3-2-4-6-14/h2-10H,11H2,1H3,(H2,18,19,21,22). The first-order valence-corrected chi connectivity index (χ1v) is 7.21. The average Bonchev–Trinajstić information content (AvgIpc) is 2.54. The van der Waals surface area contributed by atoms with Crippen LogP contribution >= 0.6 is 12.2 Å². The van der Waals surface area contributed by atoms with Gasteiger partial charge in [-0.3, -0.25) is 14.9 Å². The number of Topliss-reactive ketones (excluding diaryl/α,β-unsaturated/α-hetero) is 1. The van der Waals surface area contributed by atoms with Gasteiger partial charge in [-0.15, -0.1) is 0 Å². The van der Waals surface area contributed by atoms with Crippen molar-refractivity contribution < 1.29 is 9.59 Å². The molecule has 2 N–H and O–H groups in total. The van der Waals surface area contributed by atoms with Crippen molar-refractivity contribution in [3.8, 4) is 0 Å². The maximum atomic E-state index is 12.0. The smallest absolute Gasteiger partial charge is 0.257 e. The first-order valence-electron chi connectivity index (χ1n) is 6.80. The number of aryl methyl sites for hydroxylation is 1. The van der Waals surface area contributed by atoms with Crippen LogP contribution in [0.2, 0.25) is 0 Å².